The molecule has 0 aliphatic carbocycles. The quantitative estimate of drug-likeness (QED) is 0.774. The van der Waals surface area contributed by atoms with Crippen molar-refractivity contribution in [3.8, 4) is 5.75 Å². The maximum Gasteiger partial charge on any atom is 0.123 e. The highest BCUT2D eigenvalue weighted by atomic mass is 19.1. The fourth-order valence-electron chi connectivity index (χ4n) is 1.48. The minimum absolute atomic E-state index is 0.270. The molecule has 1 aromatic carbocycles. The lowest BCUT2D eigenvalue weighted by Gasteiger charge is -2.15. The molecule has 0 bridgehead atoms. The first-order chi connectivity index (χ1) is 7.04. The molecule has 82 valence electrons. The Kier molecular flexibility index (Phi) is 3.86. The van der Waals surface area contributed by atoms with Crippen molar-refractivity contribution < 1.29 is 9.13 Å². The minimum atomic E-state index is -0.303. The van der Waals surface area contributed by atoms with Gasteiger partial charge in [-0.25, -0.2) is 4.39 Å². The van der Waals surface area contributed by atoms with E-state index in [2.05, 4.69) is 6.58 Å². The van der Waals surface area contributed by atoms with Crippen LogP contribution in [-0.4, -0.2) is 7.11 Å². The largest absolute Gasteiger partial charge is 0.496 e. The molecule has 0 saturated heterocycles. The van der Waals surface area contributed by atoms with Crippen molar-refractivity contribution in [3.63, 3.8) is 0 Å². The van der Waals surface area contributed by atoms with Gasteiger partial charge in [-0.15, -0.1) is 6.58 Å². The van der Waals surface area contributed by atoms with Crippen LogP contribution in [0.1, 0.15) is 24.9 Å². The molecule has 1 rings (SSSR count). The SMILES string of the molecule is C=C(C)C[C@H](N)c1cc(F)ccc1OC. The van der Waals surface area contributed by atoms with Crippen molar-refractivity contribution in [2.24, 2.45) is 5.73 Å². The van der Waals surface area contributed by atoms with Gasteiger partial charge < -0.3 is 10.5 Å². The summed E-state index contributed by atoms with van der Waals surface area (Å²) in [5.74, 6) is 0.313. The monoisotopic (exact) mass is 209 g/mol. The van der Waals surface area contributed by atoms with Gasteiger partial charge in [0.05, 0.1) is 7.11 Å². The second-order valence-corrected chi connectivity index (χ2v) is 3.65. The highest BCUT2D eigenvalue weighted by Gasteiger charge is 2.12. The first-order valence-electron chi connectivity index (χ1n) is 4.78. The molecule has 0 aliphatic rings. The predicted molar refractivity (Wildman–Crippen MR) is 59.3 cm³/mol. The first-order valence-corrected chi connectivity index (χ1v) is 4.78. The molecule has 0 unspecified atom stereocenters. The Morgan fingerprint density at radius 2 is 2.27 bits per heavy atom. The van der Waals surface area contributed by atoms with E-state index in [-0.39, 0.29) is 11.9 Å². The average Bonchev–Trinajstić information content (AvgIpc) is 2.16. The molecule has 0 spiro atoms. The fourth-order valence-corrected chi connectivity index (χ4v) is 1.48. The van der Waals surface area contributed by atoms with Crippen LogP contribution in [0.2, 0.25) is 0 Å². The van der Waals surface area contributed by atoms with Gasteiger partial charge >= 0.3 is 0 Å². The van der Waals surface area contributed by atoms with Crippen molar-refractivity contribution in [2.45, 2.75) is 19.4 Å². The molecule has 0 amide bonds. The van der Waals surface area contributed by atoms with Crippen LogP contribution < -0.4 is 10.5 Å². The van der Waals surface area contributed by atoms with Crippen molar-refractivity contribution in [2.75, 3.05) is 7.11 Å². The zero-order valence-corrected chi connectivity index (χ0v) is 9.09. The van der Waals surface area contributed by atoms with E-state index in [1.54, 1.807) is 13.2 Å². The molecule has 2 N–H and O–H groups in total. The Bertz CT molecular complexity index is 363. The van der Waals surface area contributed by atoms with Crippen LogP contribution in [0.4, 0.5) is 4.39 Å². The van der Waals surface area contributed by atoms with Gasteiger partial charge in [0.2, 0.25) is 0 Å². The van der Waals surface area contributed by atoms with Gasteiger partial charge in [0.15, 0.2) is 0 Å². The van der Waals surface area contributed by atoms with Gasteiger partial charge in [0, 0.05) is 11.6 Å². The van der Waals surface area contributed by atoms with Crippen molar-refractivity contribution in [3.05, 3.63) is 41.7 Å². The summed E-state index contributed by atoms with van der Waals surface area (Å²) in [6.45, 7) is 5.68. The van der Waals surface area contributed by atoms with Crippen molar-refractivity contribution >= 4 is 0 Å². The summed E-state index contributed by atoms with van der Waals surface area (Å²) < 4.78 is 18.2. The second kappa shape index (κ2) is 4.94. The number of benzene rings is 1. The van der Waals surface area contributed by atoms with Gasteiger partial charge in [-0.05, 0) is 31.5 Å². The molecule has 1 aromatic rings. The molecule has 0 fully saturated rings. The summed E-state index contributed by atoms with van der Waals surface area (Å²) in [4.78, 5) is 0. The summed E-state index contributed by atoms with van der Waals surface area (Å²) >= 11 is 0. The van der Waals surface area contributed by atoms with Gasteiger partial charge in [-0.3, -0.25) is 0 Å². The summed E-state index contributed by atoms with van der Waals surface area (Å²) in [5.41, 5.74) is 7.58. The molecular weight excluding hydrogens is 193 g/mol. The number of methoxy groups -OCH3 is 1. The molecule has 15 heavy (non-hydrogen) atoms. The zero-order chi connectivity index (χ0) is 11.4. The third-order valence-electron chi connectivity index (χ3n) is 2.16. The fraction of sp³-hybridized carbons (Fsp3) is 0.333. The summed E-state index contributed by atoms with van der Waals surface area (Å²) in [6, 6.07) is 4.08. The van der Waals surface area contributed by atoms with Gasteiger partial charge in [-0.2, -0.15) is 0 Å². The number of hydrogen-bond donors (Lipinski definition) is 1. The van der Waals surface area contributed by atoms with E-state index in [4.69, 9.17) is 10.5 Å². The van der Waals surface area contributed by atoms with Crippen LogP contribution in [0.25, 0.3) is 0 Å². The zero-order valence-electron chi connectivity index (χ0n) is 9.09. The Morgan fingerprint density at radius 3 is 2.80 bits per heavy atom. The predicted octanol–water partition coefficient (Wildman–Crippen LogP) is 2.80. The summed E-state index contributed by atoms with van der Waals surface area (Å²) in [7, 11) is 1.55. The smallest absolute Gasteiger partial charge is 0.123 e. The maximum atomic E-state index is 13.0. The van der Waals surface area contributed by atoms with E-state index >= 15 is 0 Å². The van der Waals surface area contributed by atoms with Crippen LogP contribution in [0.5, 0.6) is 5.75 Å². The second-order valence-electron chi connectivity index (χ2n) is 3.65. The van der Waals surface area contributed by atoms with Gasteiger partial charge in [0.1, 0.15) is 11.6 Å². The van der Waals surface area contributed by atoms with E-state index in [9.17, 15) is 4.39 Å². The van der Waals surface area contributed by atoms with Crippen LogP contribution in [0.15, 0.2) is 30.4 Å². The van der Waals surface area contributed by atoms with Crippen molar-refractivity contribution in [1.82, 2.24) is 0 Å². The van der Waals surface area contributed by atoms with E-state index in [1.807, 2.05) is 6.92 Å². The van der Waals surface area contributed by atoms with E-state index < -0.39 is 0 Å². The highest BCUT2D eigenvalue weighted by molar-refractivity contribution is 5.36. The first kappa shape index (κ1) is 11.7. The topological polar surface area (TPSA) is 35.2 Å². The molecule has 0 radical (unpaired) electrons. The molecule has 1 atom stereocenters. The van der Waals surface area contributed by atoms with Crippen LogP contribution >= 0.6 is 0 Å². The van der Waals surface area contributed by atoms with Gasteiger partial charge in [-0.1, -0.05) is 5.57 Å². The molecule has 3 heteroatoms. The van der Waals surface area contributed by atoms with E-state index in [0.717, 1.165) is 5.57 Å². The minimum Gasteiger partial charge on any atom is -0.496 e. The summed E-state index contributed by atoms with van der Waals surface area (Å²) in [5, 5.41) is 0. The molecule has 0 aromatic heterocycles. The highest BCUT2D eigenvalue weighted by Crippen LogP contribution is 2.27. The van der Waals surface area contributed by atoms with Crippen LogP contribution in [0, 0.1) is 5.82 Å². The number of hydrogen-bond acceptors (Lipinski definition) is 2. The third kappa shape index (κ3) is 3.06. The van der Waals surface area contributed by atoms with E-state index in [1.165, 1.54) is 12.1 Å². The lowest BCUT2D eigenvalue weighted by Crippen LogP contribution is -2.12. The molecule has 0 saturated carbocycles. The van der Waals surface area contributed by atoms with E-state index in [0.29, 0.717) is 17.7 Å². The molecule has 2 nitrogen and oxygen atoms in total. The lowest BCUT2D eigenvalue weighted by molar-refractivity contribution is 0.404. The Labute approximate surface area is 89.6 Å². The Hall–Kier alpha value is -1.35. The van der Waals surface area contributed by atoms with Gasteiger partial charge in [0.25, 0.3) is 0 Å². The Balaban J connectivity index is 2.99. The lowest BCUT2D eigenvalue weighted by atomic mass is 10.0. The molecular formula is C12H16FNO. The number of ether oxygens (including phenoxy) is 1. The average molecular weight is 209 g/mol. The van der Waals surface area contributed by atoms with Crippen LogP contribution in [0.3, 0.4) is 0 Å². The summed E-state index contributed by atoms with van der Waals surface area (Å²) in [6.07, 6.45) is 0.625. The number of nitrogens with two attached hydrogens (primary N) is 1. The van der Waals surface area contributed by atoms with Crippen molar-refractivity contribution in [1.29, 1.82) is 0 Å². The maximum absolute atomic E-state index is 13.0. The molecule has 0 heterocycles. The van der Waals surface area contributed by atoms with Crippen LogP contribution in [-0.2, 0) is 0 Å². The normalized spacial score (nSPS) is 12.3. The molecule has 0 aliphatic heterocycles. The Morgan fingerprint density at radius 1 is 1.60 bits per heavy atom. The standard InChI is InChI=1S/C12H16FNO/c1-8(2)6-11(14)10-7-9(13)4-5-12(10)15-3/h4-5,7,11H,1,6,14H2,2-3H3/t11-/m0/s1. The third-order valence-corrected chi connectivity index (χ3v) is 2.16. The number of halogens is 1. The number of rotatable bonds is 4.